The highest BCUT2D eigenvalue weighted by atomic mass is 32.2. The second-order valence-corrected chi connectivity index (χ2v) is 8.31. The lowest BCUT2D eigenvalue weighted by atomic mass is 10.1. The molecule has 24 heavy (non-hydrogen) atoms. The quantitative estimate of drug-likeness (QED) is 0.566. The second kappa shape index (κ2) is 7.49. The molecule has 0 aliphatic carbocycles. The summed E-state index contributed by atoms with van der Waals surface area (Å²) in [6, 6.07) is 7.93. The lowest BCUT2D eigenvalue weighted by molar-refractivity contribution is 0.415. The maximum Gasteiger partial charge on any atom is 0.146 e. The van der Waals surface area contributed by atoms with Gasteiger partial charge in [-0.25, -0.2) is 4.98 Å². The molecule has 3 aromatic rings. The number of rotatable bonds is 6. The summed E-state index contributed by atoms with van der Waals surface area (Å²) in [5.41, 5.74) is 2.86. The van der Waals surface area contributed by atoms with E-state index in [4.69, 9.17) is 9.72 Å². The van der Waals surface area contributed by atoms with Crippen LogP contribution in [0.1, 0.15) is 25.3 Å². The summed E-state index contributed by atoms with van der Waals surface area (Å²) < 4.78 is 6.43. The van der Waals surface area contributed by atoms with E-state index in [1.807, 2.05) is 31.2 Å². The van der Waals surface area contributed by atoms with Crippen LogP contribution in [0, 0.1) is 12.8 Å². The molecular weight excluding hydrogens is 338 g/mol. The van der Waals surface area contributed by atoms with Crippen molar-refractivity contribution in [3.8, 4) is 17.0 Å². The molecule has 0 atom stereocenters. The number of hydrogen-bond donors (Lipinski definition) is 0. The topological polar surface area (TPSA) is 47.9 Å². The Morgan fingerprint density at radius 3 is 2.83 bits per heavy atom. The molecule has 0 radical (unpaired) electrons. The summed E-state index contributed by atoms with van der Waals surface area (Å²) >= 11 is 3.42. The van der Waals surface area contributed by atoms with Gasteiger partial charge in [-0.1, -0.05) is 26.0 Å². The molecule has 2 aromatic heterocycles. The lowest BCUT2D eigenvalue weighted by Gasteiger charge is -2.07. The van der Waals surface area contributed by atoms with E-state index >= 15 is 0 Å². The average Bonchev–Trinajstić information content (AvgIpc) is 2.96. The Morgan fingerprint density at radius 2 is 2.08 bits per heavy atom. The summed E-state index contributed by atoms with van der Waals surface area (Å²) in [6.07, 6.45) is 1.16. The predicted molar refractivity (Wildman–Crippen MR) is 102 cm³/mol. The third kappa shape index (κ3) is 3.70. The van der Waals surface area contributed by atoms with E-state index in [1.165, 1.54) is 0 Å². The van der Waals surface area contributed by atoms with E-state index in [0.29, 0.717) is 5.92 Å². The van der Waals surface area contributed by atoms with Gasteiger partial charge >= 0.3 is 0 Å². The molecule has 0 aliphatic heterocycles. The summed E-state index contributed by atoms with van der Waals surface area (Å²) in [7, 11) is 1.67. The van der Waals surface area contributed by atoms with E-state index in [9.17, 15) is 0 Å². The Bertz CT molecular complexity index is 845. The second-order valence-electron chi connectivity index (χ2n) is 6.03. The highest BCUT2D eigenvalue weighted by molar-refractivity contribution is 7.99. The number of fused-ring (bicyclic) bond motifs is 1. The SMILES string of the molecule is COc1cccc(-c2nnc(SCCC(C)C)c3nc(C)sc23)c1. The van der Waals surface area contributed by atoms with Gasteiger partial charge in [0.1, 0.15) is 22.0 Å². The van der Waals surface area contributed by atoms with Crippen molar-refractivity contribution in [1.82, 2.24) is 15.2 Å². The minimum absolute atomic E-state index is 0.689. The number of aromatic nitrogens is 3. The van der Waals surface area contributed by atoms with E-state index < -0.39 is 0 Å². The molecule has 0 fully saturated rings. The van der Waals surface area contributed by atoms with Crippen molar-refractivity contribution in [1.29, 1.82) is 0 Å². The fourth-order valence-electron chi connectivity index (χ4n) is 2.37. The van der Waals surface area contributed by atoms with Gasteiger partial charge in [0.2, 0.25) is 0 Å². The van der Waals surface area contributed by atoms with Crippen LogP contribution in [0.25, 0.3) is 21.5 Å². The first-order valence-corrected chi connectivity index (χ1v) is 9.79. The number of methoxy groups -OCH3 is 1. The number of ether oxygens (including phenoxy) is 1. The van der Waals surface area contributed by atoms with Gasteiger partial charge in [-0.3, -0.25) is 0 Å². The average molecular weight is 360 g/mol. The molecule has 0 saturated carbocycles. The first-order chi connectivity index (χ1) is 11.6. The molecule has 0 amide bonds. The zero-order valence-corrected chi connectivity index (χ0v) is 16.0. The Morgan fingerprint density at radius 1 is 1.25 bits per heavy atom. The molecule has 0 aliphatic rings. The number of hydrogen-bond acceptors (Lipinski definition) is 6. The first-order valence-electron chi connectivity index (χ1n) is 7.99. The van der Waals surface area contributed by atoms with E-state index in [-0.39, 0.29) is 0 Å². The largest absolute Gasteiger partial charge is 0.497 e. The Balaban J connectivity index is 2.01. The smallest absolute Gasteiger partial charge is 0.146 e. The van der Waals surface area contributed by atoms with Gasteiger partial charge in [-0.15, -0.1) is 33.3 Å². The van der Waals surface area contributed by atoms with Gasteiger partial charge in [0, 0.05) is 5.56 Å². The molecular formula is C18H21N3OS2. The molecule has 126 valence electrons. The van der Waals surface area contributed by atoms with Crippen LogP contribution < -0.4 is 4.74 Å². The molecule has 2 heterocycles. The van der Waals surface area contributed by atoms with Crippen LogP contribution in [0.4, 0.5) is 0 Å². The standard InChI is InChI=1S/C18H21N3OS2/c1-11(2)8-9-23-18-16-17(24-12(3)19-16)15(20-21-18)13-6-5-7-14(10-13)22-4/h5-7,10-11H,8-9H2,1-4H3. The third-order valence-electron chi connectivity index (χ3n) is 3.67. The van der Waals surface area contributed by atoms with E-state index in [2.05, 4.69) is 24.0 Å². The lowest BCUT2D eigenvalue weighted by Crippen LogP contribution is -1.95. The number of thiazole rings is 1. The van der Waals surface area contributed by atoms with Crippen molar-refractivity contribution >= 4 is 33.3 Å². The fraction of sp³-hybridized carbons (Fsp3) is 0.389. The Labute approximate surface area is 150 Å². The molecule has 0 N–H and O–H groups in total. The van der Waals surface area contributed by atoms with Crippen LogP contribution in [-0.4, -0.2) is 28.0 Å². The highest BCUT2D eigenvalue weighted by Crippen LogP contribution is 2.36. The first kappa shape index (κ1) is 17.2. The summed E-state index contributed by atoms with van der Waals surface area (Å²) in [4.78, 5) is 4.70. The van der Waals surface area contributed by atoms with Crippen molar-refractivity contribution in [2.24, 2.45) is 5.92 Å². The minimum Gasteiger partial charge on any atom is -0.497 e. The normalized spacial score (nSPS) is 11.4. The number of thioether (sulfide) groups is 1. The monoisotopic (exact) mass is 359 g/mol. The van der Waals surface area contributed by atoms with Crippen LogP contribution in [0.2, 0.25) is 0 Å². The molecule has 4 nitrogen and oxygen atoms in total. The van der Waals surface area contributed by atoms with Gasteiger partial charge in [-0.2, -0.15) is 0 Å². The maximum atomic E-state index is 5.33. The zero-order chi connectivity index (χ0) is 17.1. The summed E-state index contributed by atoms with van der Waals surface area (Å²) in [6.45, 7) is 6.50. The molecule has 0 bridgehead atoms. The molecule has 0 spiro atoms. The summed E-state index contributed by atoms with van der Waals surface area (Å²) in [5.74, 6) is 2.55. The maximum absolute atomic E-state index is 5.33. The Hall–Kier alpha value is -1.66. The molecule has 1 aromatic carbocycles. The van der Waals surface area contributed by atoms with Gasteiger partial charge in [0.25, 0.3) is 0 Å². The van der Waals surface area contributed by atoms with Crippen molar-refractivity contribution in [2.75, 3.05) is 12.9 Å². The van der Waals surface area contributed by atoms with Crippen LogP contribution in [0.3, 0.4) is 0 Å². The van der Waals surface area contributed by atoms with Gasteiger partial charge in [-0.05, 0) is 37.1 Å². The number of benzene rings is 1. The van der Waals surface area contributed by atoms with Gasteiger partial charge < -0.3 is 4.74 Å². The van der Waals surface area contributed by atoms with E-state index in [0.717, 1.165) is 49.4 Å². The van der Waals surface area contributed by atoms with Gasteiger partial charge in [0.05, 0.1) is 16.8 Å². The fourth-order valence-corrected chi connectivity index (χ4v) is 4.53. The highest BCUT2D eigenvalue weighted by Gasteiger charge is 2.16. The molecule has 6 heteroatoms. The van der Waals surface area contributed by atoms with Crippen molar-refractivity contribution in [3.05, 3.63) is 29.3 Å². The molecule has 3 rings (SSSR count). The Kier molecular flexibility index (Phi) is 5.36. The van der Waals surface area contributed by atoms with Crippen LogP contribution in [0.15, 0.2) is 29.3 Å². The third-order valence-corrected chi connectivity index (χ3v) is 5.64. The van der Waals surface area contributed by atoms with E-state index in [1.54, 1.807) is 30.2 Å². The molecule has 0 saturated heterocycles. The number of nitrogens with zero attached hydrogens (tertiary/aromatic N) is 3. The predicted octanol–water partition coefficient (Wildman–Crippen LogP) is 5.21. The van der Waals surface area contributed by atoms with Crippen LogP contribution in [0.5, 0.6) is 5.75 Å². The minimum atomic E-state index is 0.689. The van der Waals surface area contributed by atoms with Gasteiger partial charge in [0.15, 0.2) is 0 Å². The summed E-state index contributed by atoms with van der Waals surface area (Å²) in [5, 5.41) is 10.9. The zero-order valence-electron chi connectivity index (χ0n) is 14.4. The van der Waals surface area contributed by atoms with Crippen molar-refractivity contribution in [3.63, 3.8) is 0 Å². The van der Waals surface area contributed by atoms with Crippen molar-refractivity contribution in [2.45, 2.75) is 32.2 Å². The number of aryl methyl sites for hydroxylation is 1. The van der Waals surface area contributed by atoms with Crippen LogP contribution in [-0.2, 0) is 0 Å². The van der Waals surface area contributed by atoms with Crippen molar-refractivity contribution < 1.29 is 4.74 Å². The molecule has 0 unspecified atom stereocenters. The van der Waals surface area contributed by atoms with Crippen LogP contribution >= 0.6 is 23.1 Å².